The molecule has 0 N–H and O–H groups in total. The fraction of sp³-hybridized carbons (Fsp3) is 1.00. The highest BCUT2D eigenvalue weighted by Crippen LogP contribution is 2.14. The fourth-order valence-corrected chi connectivity index (χ4v) is 2.06. The largest absolute Gasteiger partial charge is 0.633 e. The second kappa shape index (κ2) is 9.90. The second-order valence-electron chi connectivity index (χ2n) is 5.90. The van der Waals surface area contributed by atoms with Crippen LogP contribution < -0.4 is 0 Å². The van der Waals surface area contributed by atoms with E-state index in [2.05, 4.69) is 13.8 Å². The Labute approximate surface area is 109 Å². The van der Waals surface area contributed by atoms with Crippen LogP contribution in [0.25, 0.3) is 0 Å². The Morgan fingerprint density at radius 1 is 0.824 bits per heavy atom. The van der Waals surface area contributed by atoms with E-state index in [1.807, 2.05) is 0 Å². The van der Waals surface area contributed by atoms with Gasteiger partial charge in [-0.15, -0.1) is 0 Å². The molecule has 0 amide bonds. The summed E-state index contributed by atoms with van der Waals surface area (Å²) in [6, 6.07) is 0.250. The Balaban J connectivity index is 3.19. The number of nitrogens with zero attached hydrogens (tertiary/aromatic N) is 1. The molecule has 0 aromatic heterocycles. The van der Waals surface area contributed by atoms with E-state index in [1.165, 1.54) is 57.8 Å². The van der Waals surface area contributed by atoms with Crippen LogP contribution in [-0.2, 0) is 0 Å². The Bertz CT molecular complexity index is 163. The summed E-state index contributed by atoms with van der Waals surface area (Å²) >= 11 is 0. The van der Waals surface area contributed by atoms with Gasteiger partial charge in [0.2, 0.25) is 0 Å². The van der Waals surface area contributed by atoms with E-state index < -0.39 is 0 Å². The first-order valence-corrected chi connectivity index (χ1v) is 7.53. The van der Waals surface area contributed by atoms with Crippen molar-refractivity contribution >= 4 is 0 Å². The van der Waals surface area contributed by atoms with Crippen LogP contribution in [0.1, 0.15) is 78.1 Å². The first-order valence-electron chi connectivity index (χ1n) is 7.53. The molecule has 0 aromatic rings. The molecule has 0 spiro atoms. The van der Waals surface area contributed by atoms with Crippen molar-refractivity contribution in [2.24, 2.45) is 0 Å². The maximum Gasteiger partial charge on any atom is 0.0854 e. The van der Waals surface area contributed by atoms with Crippen LogP contribution in [0, 0.1) is 5.21 Å². The molecule has 17 heavy (non-hydrogen) atoms. The number of hydrogen-bond donors (Lipinski definition) is 0. The average Bonchev–Trinajstić information content (AvgIpc) is 2.25. The van der Waals surface area contributed by atoms with Gasteiger partial charge in [0.05, 0.1) is 20.1 Å². The lowest BCUT2D eigenvalue weighted by atomic mass is 10.0. The van der Waals surface area contributed by atoms with Gasteiger partial charge in [-0.2, -0.15) is 0 Å². The summed E-state index contributed by atoms with van der Waals surface area (Å²) in [5, 5.41) is 11.6. The molecule has 0 unspecified atom stereocenters. The molecule has 0 aliphatic heterocycles. The number of rotatable bonds is 11. The highest BCUT2D eigenvalue weighted by molar-refractivity contribution is 4.53. The molecule has 0 bridgehead atoms. The van der Waals surface area contributed by atoms with Gasteiger partial charge < -0.3 is 9.85 Å². The van der Waals surface area contributed by atoms with E-state index in [-0.39, 0.29) is 10.7 Å². The van der Waals surface area contributed by atoms with Crippen molar-refractivity contribution in [2.45, 2.75) is 84.1 Å². The van der Waals surface area contributed by atoms with Gasteiger partial charge in [0.1, 0.15) is 0 Å². The Morgan fingerprint density at radius 3 is 1.65 bits per heavy atom. The molecule has 104 valence electrons. The van der Waals surface area contributed by atoms with Crippen LogP contribution in [0.2, 0.25) is 0 Å². The normalized spacial score (nSPS) is 13.9. The zero-order valence-electron chi connectivity index (χ0n) is 12.5. The summed E-state index contributed by atoms with van der Waals surface area (Å²) < 4.78 is -0.142. The van der Waals surface area contributed by atoms with Crippen LogP contribution in [0.4, 0.5) is 0 Å². The quantitative estimate of drug-likeness (QED) is 0.288. The van der Waals surface area contributed by atoms with Gasteiger partial charge in [0.15, 0.2) is 0 Å². The Hall–Kier alpha value is -0.0800. The molecule has 1 atom stereocenters. The third-order valence-electron chi connectivity index (χ3n) is 3.79. The molecule has 0 aliphatic rings. The highest BCUT2D eigenvalue weighted by atomic mass is 16.5. The lowest BCUT2D eigenvalue weighted by Crippen LogP contribution is -2.41. The van der Waals surface area contributed by atoms with Crippen molar-refractivity contribution in [1.29, 1.82) is 0 Å². The molecule has 2 heteroatoms. The molecular formula is C15H33NO. The van der Waals surface area contributed by atoms with Crippen LogP contribution in [0.3, 0.4) is 0 Å². The maximum absolute atomic E-state index is 11.6. The number of quaternary nitrogens is 1. The smallest absolute Gasteiger partial charge is 0.0854 e. The van der Waals surface area contributed by atoms with Crippen molar-refractivity contribution in [1.82, 2.24) is 0 Å². The maximum atomic E-state index is 11.6. The third-order valence-corrected chi connectivity index (χ3v) is 3.79. The summed E-state index contributed by atoms with van der Waals surface area (Å²) in [5.41, 5.74) is 0. The first kappa shape index (κ1) is 16.9. The van der Waals surface area contributed by atoms with Crippen molar-refractivity contribution in [3.05, 3.63) is 5.21 Å². The van der Waals surface area contributed by atoms with E-state index in [9.17, 15) is 5.21 Å². The molecule has 0 radical (unpaired) electrons. The van der Waals surface area contributed by atoms with Crippen LogP contribution >= 0.6 is 0 Å². The molecule has 0 aromatic carbocycles. The lowest BCUT2D eigenvalue weighted by molar-refractivity contribution is -0.864. The average molecular weight is 243 g/mol. The van der Waals surface area contributed by atoms with E-state index in [1.54, 1.807) is 14.1 Å². The summed E-state index contributed by atoms with van der Waals surface area (Å²) in [4.78, 5) is 0. The van der Waals surface area contributed by atoms with Gasteiger partial charge in [-0.05, 0) is 19.8 Å². The topological polar surface area (TPSA) is 23.1 Å². The van der Waals surface area contributed by atoms with Crippen molar-refractivity contribution in [2.75, 3.05) is 14.1 Å². The summed E-state index contributed by atoms with van der Waals surface area (Å²) in [7, 11) is 3.50. The Kier molecular flexibility index (Phi) is 9.85. The molecule has 0 aliphatic carbocycles. The van der Waals surface area contributed by atoms with E-state index in [0.717, 1.165) is 6.42 Å². The van der Waals surface area contributed by atoms with Crippen LogP contribution in [0.15, 0.2) is 0 Å². The van der Waals surface area contributed by atoms with Crippen LogP contribution in [-0.4, -0.2) is 24.8 Å². The fourth-order valence-electron chi connectivity index (χ4n) is 2.06. The third kappa shape index (κ3) is 10.8. The minimum atomic E-state index is -0.142. The first-order chi connectivity index (χ1) is 7.98. The zero-order chi connectivity index (χ0) is 13.1. The predicted molar refractivity (Wildman–Crippen MR) is 76.8 cm³/mol. The number of hydroxylamine groups is 3. The monoisotopic (exact) mass is 243 g/mol. The van der Waals surface area contributed by atoms with Gasteiger partial charge >= 0.3 is 0 Å². The second-order valence-corrected chi connectivity index (χ2v) is 5.90. The molecule has 0 fully saturated rings. The van der Waals surface area contributed by atoms with Crippen molar-refractivity contribution in [3.8, 4) is 0 Å². The molecule has 0 saturated carbocycles. The summed E-state index contributed by atoms with van der Waals surface area (Å²) in [6.07, 6.45) is 13.3. The Morgan fingerprint density at radius 2 is 1.24 bits per heavy atom. The van der Waals surface area contributed by atoms with Gasteiger partial charge in [-0.3, -0.25) is 0 Å². The summed E-state index contributed by atoms with van der Waals surface area (Å²) in [6.45, 7) is 4.33. The highest BCUT2D eigenvalue weighted by Gasteiger charge is 2.12. The lowest BCUT2D eigenvalue weighted by Gasteiger charge is -2.40. The molecule has 2 nitrogen and oxygen atoms in total. The molecule has 0 rings (SSSR count). The SMILES string of the molecule is CCCCCCCCCCC[C@H](C)[N+](C)(C)[O-]. The molecule has 0 saturated heterocycles. The van der Waals surface area contributed by atoms with Crippen molar-refractivity contribution < 1.29 is 4.65 Å². The number of unbranched alkanes of at least 4 members (excludes halogenated alkanes) is 8. The standard InChI is InChI=1S/C15H33NO/c1-5-6-7-8-9-10-11-12-13-14-15(2)16(3,4)17/h15H,5-14H2,1-4H3/t15-/m0/s1. The number of hydrogen-bond acceptors (Lipinski definition) is 1. The molecular weight excluding hydrogens is 210 g/mol. The predicted octanol–water partition coefficient (Wildman–Crippen LogP) is 4.87. The van der Waals surface area contributed by atoms with E-state index >= 15 is 0 Å². The van der Waals surface area contributed by atoms with Gasteiger partial charge in [-0.25, -0.2) is 0 Å². The van der Waals surface area contributed by atoms with Crippen LogP contribution in [0.5, 0.6) is 0 Å². The van der Waals surface area contributed by atoms with Gasteiger partial charge in [0, 0.05) is 0 Å². The van der Waals surface area contributed by atoms with Gasteiger partial charge in [0.25, 0.3) is 0 Å². The van der Waals surface area contributed by atoms with Crippen molar-refractivity contribution in [3.63, 3.8) is 0 Å². The summed E-state index contributed by atoms with van der Waals surface area (Å²) in [5.74, 6) is 0. The van der Waals surface area contributed by atoms with Gasteiger partial charge in [-0.1, -0.05) is 58.3 Å². The zero-order valence-corrected chi connectivity index (χ0v) is 12.5. The van der Waals surface area contributed by atoms with E-state index in [0.29, 0.717) is 0 Å². The van der Waals surface area contributed by atoms with E-state index in [4.69, 9.17) is 0 Å². The minimum absolute atomic E-state index is 0.142. The molecule has 0 heterocycles. The minimum Gasteiger partial charge on any atom is -0.633 e.